The maximum atomic E-state index is 12.9. The summed E-state index contributed by atoms with van der Waals surface area (Å²) in [7, 11) is 0. The van der Waals surface area contributed by atoms with Crippen molar-refractivity contribution in [1.29, 1.82) is 0 Å². The van der Waals surface area contributed by atoms with Crippen molar-refractivity contribution in [3.05, 3.63) is 11.8 Å². The summed E-state index contributed by atoms with van der Waals surface area (Å²) in [6, 6.07) is 1.22. The van der Waals surface area contributed by atoms with Gasteiger partial charge in [-0.25, -0.2) is 4.98 Å². The first kappa shape index (κ1) is 15.9. The zero-order valence-corrected chi connectivity index (χ0v) is 12.3. The van der Waals surface area contributed by atoms with Crippen molar-refractivity contribution in [2.24, 2.45) is 5.92 Å². The molecule has 0 radical (unpaired) electrons. The highest BCUT2D eigenvalue weighted by molar-refractivity contribution is 5.45. The van der Waals surface area contributed by atoms with Crippen molar-refractivity contribution >= 4 is 11.8 Å². The molecule has 21 heavy (non-hydrogen) atoms. The largest absolute Gasteiger partial charge is 0.433 e. The van der Waals surface area contributed by atoms with E-state index in [2.05, 4.69) is 27.5 Å². The predicted octanol–water partition coefficient (Wildman–Crippen LogP) is 3.92. The van der Waals surface area contributed by atoms with Crippen LogP contribution in [0.2, 0.25) is 0 Å². The Morgan fingerprint density at radius 3 is 2.62 bits per heavy atom. The van der Waals surface area contributed by atoms with Crippen LogP contribution in [0.3, 0.4) is 0 Å². The summed E-state index contributed by atoms with van der Waals surface area (Å²) >= 11 is 0. The fourth-order valence-electron chi connectivity index (χ4n) is 2.29. The summed E-state index contributed by atoms with van der Waals surface area (Å²) in [4.78, 5) is 7.66. The fourth-order valence-corrected chi connectivity index (χ4v) is 2.29. The second kappa shape index (κ2) is 6.49. The number of hydrogen-bond acceptors (Lipinski definition) is 4. The second-order valence-corrected chi connectivity index (χ2v) is 5.42. The molecule has 7 heteroatoms. The Morgan fingerprint density at radius 2 is 2.00 bits per heavy atom. The molecule has 1 aliphatic carbocycles. The van der Waals surface area contributed by atoms with Gasteiger partial charge in [-0.1, -0.05) is 20.3 Å². The first-order chi connectivity index (χ1) is 9.94. The van der Waals surface area contributed by atoms with Crippen molar-refractivity contribution in [3.63, 3.8) is 0 Å². The average Bonchev–Trinajstić information content (AvgIpc) is 3.13. The molecule has 0 bridgehead atoms. The van der Waals surface area contributed by atoms with E-state index in [1.807, 2.05) is 6.92 Å². The molecule has 2 atom stereocenters. The lowest BCUT2D eigenvalue weighted by molar-refractivity contribution is -0.141. The third-order valence-electron chi connectivity index (χ3n) is 3.47. The molecule has 0 aliphatic heterocycles. The topological polar surface area (TPSA) is 49.8 Å². The molecule has 0 amide bonds. The van der Waals surface area contributed by atoms with Crippen LogP contribution in [0.15, 0.2) is 6.07 Å². The lowest BCUT2D eigenvalue weighted by Gasteiger charge is -2.12. The summed E-state index contributed by atoms with van der Waals surface area (Å²) in [5, 5.41) is 5.90. The number of nitrogens with zero attached hydrogens (tertiary/aromatic N) is 2. The molecule has 118 valence electrons. The third-order valence-corrected chi connectivity index (χ3v) is 3.47. The summed E-state index contributed by atoms with van der Waals surface area (Å²) in [5.74, 6) is 0.827. The van der Waals surface area contributed by atoms with E-state index in [9.17, 15) is 13.2 Å². The second-order valence-electron chi connectivity index (χ2n) is 5.42. The smallest absolute Gasteiger partial charge is 0.367 e. The van der Waals surface area contributed by atoms with Gasteiger partial charge >= 0.3 is 6.18 Å². The molecule has 1 aromatic rings. The minimum atomic E-state index is -4.46. The Kier molecular flexibility index (Phi) is 4.90. The Bertz CT molecular complexity index is 476. The molecule has 4 nitrogen and oxygen atoms in total. The van der Waals surface area contributed by atoms with Gasteiger partial charge in [0.25, 0.3) is 0 Å². The molecule has 2 N–H and O–H groups in total. The van der Waals surface area contributed by atoms with Crippen molar-refractivity contribution in [2.45, 2.75) is 51.7 Å². The average molecular weight is 302 g/mol. The molecule has 2 rings (SSSR count). The molecular weight excluding hydrogens is 281 g/mol. The van der Waals surface area contributed by atoms with Gasteiger partial charge in [0, 0.05) is 18.7 Å². The molecule has 1 fully saturated rings. The van der Waals surface area contributed by atoms with Crippen LogP contribution in [0.1, 0.15) is 45.2 Å². The van der Waals surface area contributed by atoms with Crippen LogP contribution >= 0.6 is 0 Å². The van der Waals surface area contributed by atoms with E-state index in [1.165, 1.54) is 0 Å². The minimum absolute atomic E-state index is 0.0295. The van der Waals surface area contributed by atoms with Crippen molar-refractivity contribution < 1.29 is 13.2 Å². The number of halogens is 3. The molecule has 1 aromatic heterocycles. The molecule has 0 spiro atoms. The van der Waals surface area contributed by atoms with Crippen molar-refractivity contribution in [2.75, 3.05) is 17.2 Å². The number of nitrogens with one attached hydrogen (secondary N) is 2. The minimum Gasteiger partial charge on any atom is -0.367 e. The van der Waals surface area contributed by atoms with Gasteiger partial charge in [-0.15, -0.1) is 0 Å². The maximum absolute atomic E-state index is 12.9. The van der Waals surface area contributed by atoms with E-state index in [0.717, 1.165) is 31.7 Å². The lowest BCUT2D eigenvalue weighted by Crippen LogP contribution is -2.15. The summed E-state index contributed by atoms with van der Waals surface area (Å²) in [6.07, 6.45) is -0.492. The molecule has 1 saturated carbocycles. The van der Waals surface area contributed by atoms with Crippen LogP contribution in [0.4, 0.5) is 24.9 Å². The van der Waals surface area contributed by atoms with Gasteiger partial charge in [0.05, 0.1) is 0 Å². The normalized spacial score (nSPS) is 21.2. The molecule has 1 heterocycles. The number of aromatic nitrogens is 2. The van der Waals surface area contributed by atoms with Crippen molar-refractivity contribution in [1.82, 2.24) is 9.97 Å². The summed E-state index contributed by atoms with van der Waals surface area (Å²) in [6.45, 7) is 4.58. The molecular formula is C14H21F3N4. The van der Waals surface area contributed by atoms with Crippen LogP contribution in [0, 0.1) is 5.92 Å². The van der Waals surface area contributed by atoms with Crippen LogP contribution in [-0.4, -0.2) is 22.6 Å². The fraction of sp³-hybridized carbons (Fsp3) is 0.714. The highest BCUT2D eigenvalue weighted by Crippen LogP contribution is 2.38. The SMILES string of the molecule is CCCNc1nc(NC2CC2CCC)cc(C(F)(F)F)n1. The highest BCUT2D eigenvalue weighted by atomic mass is 19.4. The predicted molar refractivity (Wildman–Crippen MR) is 76.2 cm³/mol. The van der Waals surface area contributed by atoms with Crippen LogP contribution in [-0.2, 0) is 6.18 Å². The highest BCUT2D eigenvalue weighted by Gasteiger charge is 2.38. The van der Waals surface area contributed by atoms with Crippen LogP contribution in [0.5, 0.6) is 0 Å². The van der Waals surface area contributed by atoms with E-state index in [0.29, 0.717) is 12.5 Å². The van der Waals surface area contributed by atoms with Crippen LogP contribution in [0.25, 0.3) is 0 Å². The first-order valence-corrected chi connectivity index (χ1v) is 7.40. The lowest BCUT2D eigenvalue weighted by atomic mass is 10.2. The van der Waals surface area contributed by atoms with Gasteiger partial charge in [-0.2, -0.15) is 18.2 Å². The van der Waals surface area contributed by atoms with E-state index >= 15 is 0 Å². The third kappa shape index (κ3) is 4.47. The standard InChI is InChI=1S/C14H21F3N4/c1-3-5-9-7-10(9)19-12-8-11(14(15,16)17)20-13(21-12)18-6-4-2/h8-10H,3-7H2,1-2H3,(H2,18,19,20,21). The van der Waals surface area contributed by atoms with E-state index in [-0.39, 0.29) is 17.8 Å². The maximum Gasteiger partial charge on any atom is 0.433 e. The molecule has 1 aliphatic rings. The molecule has 2 unspecified atom stereocenters. The molecule has 0 saturated heterocycles. The molecule has 0 aromatic carbocycles. The van der Waals surface area contributed by atoms with Gasteiger partial charge in [0.15, 0.2) is 5.69 Å². The van der Waals surface area contributed by atoms with E-state index in [1.54, 1.807) is 0 Å². The number of alkyl halides is 3. The monoisotopic (exact) mass is 302 g/mol. The van der Waals surface area contributed by atoms with Crippen LogP contribution < -0.4 is 10.6 Å². The van der Waals surface area contributed by atoms with E-state index < -0.39 is 11.9 Å². The Balaban J connectivity index is 2.12. The Hall–Kier alpha value is -1.53. The Labute approximate surface area is 122 Å². The Morgan fingerprint density at radius 1 is 1.24 bits per heavy atom. The van der Waals surface area contributed by atoms with Gasteiger partial charge < -0.3 is 10.6 Å². The van der Waals surface area contributed by atoms with Gasteiger partial charge in [-0.05, 0) is 25.2 Å². The van der Waals surface area contributed by atoms with Gasteiger partial charge in [0.1, 0.15) is 5.82 Å². The number of anilines is 2. The van der Waals surface area contributed by atoms with Crippen molar-refractivity contribution in [3.8, 4) is 0 Å². The van der Waals surface area contributed by atoms with Gasteiger partial charge in [0.2, 0.25) is 5.95 Å². The quantitative estimate of drug-likeness (QED) is 0.801. The summed E-state index contributed by atoms with van der Waals surface area (Å²) in [5.41, 5.74) is -0.911. The first-order valence-electron chi connectivity index (χ1n) is 7.40. The van der Waals surface area contributed by atoms with E-state index in [4.69, 9.17) is 0 Å². The van der Waals surface area contributed by atoms with Gasteiger partial charge in [-0.3, -0.25) is 0 Å². The zero-order chi connectivity index (χ0) is 15.5. The number of hydrogen-bond donors (Lipinski definition) is 2. The summed E-state index contributed by atoms with van der Waals surface area (Å²) < 4.78 is 38.6. The number of rotatable bonds is 7. The zero-order valence-electron chi connectivity index (χ0n) is 12.3.